The summed E-state index contributed by atoms with van der Waals surface area (Å²) in [5.74, 6) is -3.11. The molecular formula is C48H53F2N7O6. The van der Waals surface area contributed by atoms with Gasteiger partial charge in [0.2, 0.25) is 11.8 Å². The number of aromatic amines is 1. The van der Waals surface area contributed by atoms with Crippen molar-refractivity contribution in [2.45, 2.75) is 102 Å². The lowest BCUT2D eigenvalue weighted by Gasteiger charge is -2.38. The molecule has 15 heteroatoms. The number of aromatic nitrogens is 2. The first kappa shape index (κ1) is 42.2. The molecule has 3 aliphatic heterocycles. The molecule has 4 amide bonds. The van der Waals surface area contributed by atoms with Gasteiger partial charge in [0.25, 0.3) is 5.92 Å². The van der Waals surface area contributed by atoms with Crippen molar-refractivity contribution in [3.63, 3.8) is 0 Å². The van der Waals surface area contributed by atoms with E-state index in [0.29, 0.717) is 53.2 Å². The molecule has 4 aromatic rings. The van der Waals surface area contributed by atoms with Crippen LogP contribution in [0.25, 0.3) is 33.5 Å². The van der Waals surface area contributed by atoms with E-state index in [1.165, 1.54) is 20.3 Å². The number of amides is 4. The van der Waals surface area contributed by atoms with Gasteiger partial charge in [-0.25, -0.2) is 14.6 Å². The van der Waals surface area contributed by atoms with Crippen LogP contribution >= 0.6 is 0 Å². The predicted octanol–water partition coefficient (Wildman–Crippen LogP) is 8.30. The average molecular weight is 862 g/mol. The number of methoxy groups -OCH3 is 2. The molecule has 0 radical (unpaired) electrons. The number of nitrogens with zero attached hydrogens (tertiary/aromatic N) is 4. The van der Waals surface area contributed by atoms with E-state index >= 15 is 8.78 Å². The number of hydrogen-bond donors (Lipinski definition) is 3. The number of rotatable bonds is 10. The molecule has 5 aliphatic rings. The number of likely N-dealkylation sites (tertiary alicyclic amines) is 2. The number of hydrogen-bond acceptors (Lipinski definition) is 8. The fraction of sp³-hybridized carbons (Fsp3) is 0.458. The largest absolute Gasteiger partial charge is 0.453 e. The van der Waals surface area contributed by atoms with E-state index in [1.807, 2.05) is 62.9 Å². The molecule has 9 rings (SSSR count). The van der Waals surface area contributed by atoms with E-state index in [4.69, 9.17) is 14.5 Å². The Morgan fingerprint density at radius 2 is 1.43 bits per heavy atom. The molecule has 1 unspecified atom stereocenters. The van der Waals surface area contributed by atoms with Crippen LogP contribution in [0, 0.1) is 17.8 Å². The first-order valence-corrected chi connectivity index (χ1v) is 21.9. The minimum atomic E-state index is -3.27. The van der Waals surface area contributed by atoms with Crippen LogP contribution in [0.5, 0.6) is 0 Å². The standard InChI is InChI=1S/C48H53F2N7O6/c1-24(2)40(54-46(60)62-5)44(58)56-17-7-8-39(56)43-51-23-38(53-43)28-11-15-33-32-14-10-27(20-34(32)48(49,50)35(33)21-28)26-12-16-36-30(18-26)22-37(52-36)42-29-9-13-31(19-29)57(42)45(59)41(25(3)4)55-47(61)63-6/h10-12,14-16,18,20-21,23-25,29,31,39-42H,7-9,13,17,19,22H2,1-6H3,(H,51,53)(H,54,60)(H,55,61)/t29-,31+,39?,40-,41-,42-/m0/s1. The molecule has 4 heterocycles. The highest BCUT2D eigenvalue weighted by molar-refractivity contribution is 6.02. The fourth-order valence-electron chi connectivity index (χ4n) is 10.6. The van der Waals surface area contributed by atoms with Gasteiger partial charge < -0.3 is 34.9 Å². The molecule has 3 fully saturated rings. The normalized spacial score (nSPS) is 22.4. The van der Waals surface area contributed by atoms with Crippen molar-refractivity contribution < 1.29 is 37.4 Å². The molecule has 2 bridgehead atoms. The van der Waals surface area contributed by atoms with E-state index in [9.17, 15) is 19.2 Å². The molecule has 0 spiro atoms. The second-order valence-corrected chi connectivity index (χ2v) is 18.2. The van der Waals surface area contributed by atoms with Gasteiger partial charge in [-0.05, 0) is 102 Å². The van der Waals surface area contributed by atoms with Gasteiger partial charge in [0.15, 0.2) is 0 Å². The zero-order valence-electron chi connectivity index (χ0n) is 36.3. The molecule has 13 nitrogen and oxygen atoms in total. The number of aliphatic imine (C=N–C) groups is 1. The highest BCUT2D eigenvalue weighted by Gasteiger charge is 2.52. The van der Waals surface area contributed by atoms with Crippen LogP contribution in [-0.4, -0.2) is 94.4 Å². The second-order valence-electron chi connectivity index (χ2n) is 18.2. The molecule has 2 saturated heterocycles. The molecule has 3 N–H and O–H groups in total. The van der Waals surface area contributed by atoms with E-state index in [1.54, 1.807) is 29.3 Å². The number of carbonyl (C=O) groups is 4. The minimum Gasteiger partial charge on any atom is -0.453 e. The van der Waals surface area contributed by atoms with Gasteiger partial charge in [0.05, 0.1) is 43.9 Å². The number of carbonyl (C=O) groups excluding carboxylic acids is 4. The maximum Gasteiger partial charge on any atom is 0.407 e. The predicted molar refractivity (Wildman–Crippen MR) is 232 cm³/mol. The Bertz CT molecular complexity index is 2530. The Kier molecular flexibility index (Phi) is 10.9. The van der Waals surface area contributed by atoms with Crippen molar-refractivity contribution in [3.8, 4) is 33.5 Å². The van der Waals surface area contributed by atoms with E-state index in [0.717, 1.165) is 48.2 Å². The molecule has 1 aromatic heterocycles. The lowest BCUT2D eigenvalue weighted by Crippen LogP contribution is -2.57. The van der Waals surface area contributed by atoms with E-state index < -0.39 is 30.2 Å². The maximum atomic E-state index is 16.6. The summed E-state index contributed by atoms with van der Waals surface area (Å²) in [7, 11) is 2.54. The molecule has 6 atom stereocenters. The number of ether oxygens (including phenoxy) is 2. The number of piperidine rings is 1. The van der Waals surface area contributed by atoms with E-state index in [-0.39, 0.29) is 58.8 Å². The molecule has 330 valence electrons. The summed E-state index contributed by atoms with van der Waals surface area (Å²) in [6.07, 6.45) is 5.08. The Labute approximate surface area is 365 Å². The molecule has 1 saturated carbocycles. The van der Waals surface area contributed by atoms with Crippen molar-refractivity contribution in [2.75, 3.05) is 20.8 Å². The number of fused-ring (bicyclic) bond motifs is 6. The van der Waals surface area contributed by atoms with Gasteiger partial charge in [0, 0.05) is 41.4 Å². The van der Waals surface area contributed by atoms with Crippen LogP contribution in [-0.2, 0) is 31.4 Å². The van der Waals surface area contributed by atoms with Crippen LogP contribution in [0.1, 0.15) is 88.4 Å². The summed E-state index contributed by atoms with van der Waals surface area (Å²) in [5, 5.41) is 5.41. The molecule has 63 heavy (non-hydrogen) atoms. The fourth-order valence-corrected chi connectivity index (χ4v) is 10.6. The summed E-state index contributed by atoms with van der Waals surface area (Å²) >= 11 is 0. The van der Waals surface area contributed by atoms with Crippen LogP contribution in [0.15, 0.2) is 65.8 Å². The Hall–Kier alpha value is -6.12. The van der Waals surface area contributed by atoms with Crippen molar-refractivity contribution >= 4 is 35.4 Å². The number of nitrogens with one attached hydrogen (secondary N) is 3. The molecule has 2 aliphatic carbocycles. The lowest BCUT2D eigenvalue weighted by molar-refractivity contribution is -0.137. The van der Waals surface area contributed by atoms with Gasteiger partial charge >= 0.3 is 12.2 Å². The van der Waals surface area contributed by atoms with Crippen LogP contribution < -0.4 is 10.6 Å². The number of halogens is 2. The third kappa shape index (κ3) is 7.32. The summed E-state index contributed by atoms with van der Waals surface area (Å²) in [4.78, 5) is 68.6. The molecule has 3 aromatic carbocycles. The van der Waals surface area contributed by atoms with E-state index in [2.05, 4.69) is 20.6 Å². The van der Waals surface area contributed by atoms with Crippen molar-refractivity contribution in [3.05, 3.63) is 83.3 Å². The van der Waals surface area contributed by atoms with Gasteiger partial charge in [-0.1, -0.05) is 58.0 Å². The van der Waals surface area contributed by atoms with Gasteiger partial charge in [-0.3, -0.25) is 14.6 Å². The number of benzene rings is 3. The first-order valence-electron chi connectivity index (χ1n) is 21.9. The topological polar surface area (TPSA) is 158 Å². The second kappa shape index (κ2) is 16.2. The number of imidazole rings is 1. The Morgan fingerprint density at radius 1 is 0.810 bits per heavy atom. The van der Waals surface area contributed by atoms with Crippen molar-refractivity contribution in [1.82, 2.24) is 30.4 Å². The summed E-state index contributed by atoms with van der Waals surface area (Å²) in [6, 6.07) is 14.2. The smallest absolute Gasteiger partial charge is 0.407 e. The third-order valence-electron chi connectivity index (χ3n) is 13.8. The number of H-pyrrole nitrogens is 1. The minimum absolute atomic E-state index is 0.0633. The SMILES string of the molecule is COC(=O)N[C@H](C(=O)N1CCCC1c1ncc(-c2ccc3c(c2)C(F)(F)c2cc(-c4ccc5c(c4)CC([C@@H]4[C@H]6CC[C@H](C6)N4C(=O)[C@@H](NC(=O)OC)C(C)C)=N5)ccc2-3)[nH]1)C(C)C. The van der Waals surface area contributed by atoms with Gasteiger partial charge in [0.1, 0.15) is 17.9 Å². The summed E-state index contributed by atoms with van der Waals surface area (Å²) in [5.41, 5.74) is 6.07. The highest BCUT2D eigenvalue weighted by Crippen LogP contribution is 2.53. The number of alkyl halides is 2. The van der Waals surface area contributed by atoms with Crippen LogP contribution in [0.4, 0.5) is 24.1 Å². The van der Waals surface area contributed by atoms with Crippen LogP contribution in [0.2, 0.25) is 0 Å². The maximum absolute atomic E-state index is 16.6. The average Bonchev–Trinajstić information content (AvgIpc) is 4.15. The monoisotopic (exact) mass is 861 g/mol. The van der Waals surface area contributed by atoms with Gasteiger partial charge in [-0.2, -0.15) is 8.78 Å². The Balaban J connectivity index is 0.923. The highest BCUT2D eigenvalue weighted by atomic mass is 19.3. The third-order valence-corrected chi connectivity index (χ3v) is 13.8. The summed E-state index contributed by atoms with van der Waals surface area (Å²) in [6.45, 7) is 8.02. The Morgan fingerprint density at radius 3 is 2.10 bits per heavy atom. The van der Waals surface area contributed by atoms with Crippen molar-refractivity contribution in [2.24, 2.45) is 22.7 Å². The molecular weight excluding hydrogens is 809 g/mol. The summed E-state index contributed by atoms with van der Waals surface area (Å²) < 4.78 is 42.8. The van der Waals surface area contributed by atoms with Crippen LogP contribution in [0.3, 0.4) is 0 Å². The van der Waals surface area contributed by atoms with Gasteiger partial charge in [-0.15, -0.1) is 0 Å². The quantitative estimate of drug-likeness (QED) is 0.145. The first-order chi connectivity index (χ1) is 30.2. The zero-order valence-corrected chi connectivity index (χ0v) is 36.3. The zero-order chi connectivity index (χ0) is 44.5. The number of alkyl carbamates (subject to hydrolysis) is 2. The van der Waals surface area contributed by atoms with Crippen molar-refractivity contribution in [1.29, 1.82) is 0 Å². The lowest BCUT2D eigenvalue weighted by atomic mass is 9.90.